The summed E-state index contributed by atoms with van der Waals surface area (Å²) in [6, 6.07) is 24.2. The van der Waals surface area contributed by atoms with E-state index in [0.717, 1.165) is 17.2 Å². The molecule has 0 spiro atoms. The molecule has 0 aliphatic heterocycles. The molecule has 0 saturated carbocycles. The summed E-state index contributed by atoms with van der Waals surface area (Å²) in [5.74, 6) is 2.44. The van der Waals surface area contributed by atoms with Crippen LogP contribution in [-0.4, -0.2) is 15.0 Å². The van der Waals surface area contributed by atoms with Gasteiger partial charge in [0, 0.05) is 0 Å². The first kappa shape index (κ1) is 14.3. The molecule has 108 valence electrons. The minimum absolute atomic E-state index is 0.795. The Morgan fingerprint density at radius 1 is 0.591 bits per heavy atom. The fourth-order valence-electron chi connectivity index (χ4n) is 2.24. The lowest BCUT2D eigenvalue weighted by atomic mass is 9.94. The van der Waals surface area contributed by atoms with Gasteiger partial charge in [0.15, 0.2) is 0 Å². The summed E-state index contributed by atoms with van der Waals surface area (Å²) in [6.45, 7) is 0. The maximum atomic E-state index is 5.83. The lowest BCUT2D eigenvalue weighted by Gasteiger charge is -2.08. The lowest BCUT2D eigenvalue weighted by molar-refractivity contribution is 0.413. The van der Waals surface area contributed by atoms with Crippen molar-refractivity contribution in [3.8, 4) is 28.4 Å². The van der Waals surface area contributed by atoms with Gasteiger partial charge in [-0.3, -0.25) is 0 Å². The number of rotatable bonds is 4. The van der Waals surface area contributed by atoms with Gasteiger partial charge in [-0.25, -0.2) is 0 Å². The molecular formula is C19H17BO2. The van der Waals surface area contributed by atoms with E-state index in [9.17, 15) is 0 Å². The molecule has 0 N–H and O–H groups in total. The first-order valence-electron chi connectivity index (χ1n) is 7.23. The van der Waals surface area contributed by atoms with Gasteiger partial charge in [0.05, 0.1) is 7.11 Å². The van der Waals surface area contributed by atoms with E-state index in [0.29, 0.717) is 0 Å². The highest BCUT2D eigenvalue weighted by molar-refractivity contribution is 6.32. The number of benzene rings is 3. The maximum absolute atomic E-state index is 5.83. The molecule has 0 bridgehead atoms. The molecule has 0 atom stereocenters. The van der Waals surface area contributed by atoms with Crippen molar-refractivity contribution >= 4 is 13.3 Å². The van der Waals surface area contributed by atoms with E-state index in [1.54, 1.807) is 7.11 Å². The second kappa shape index (κ2) is 6.40. The Morgan fingerprint density at radius 3 is 1.50 bits per heavy atom. The summed E-state index contributed by atoms with van der Waals surface area (Å²) in [5, 5.41) is 0. The van der Waals surface area contributed by atoms with Crippen LogP contribution in [0.1, 0.15) is 0 Å². The third kappa shape index (κ3) is 3.31. The maximum Gasteiger partial charge on any atom is 0.139 e. The number of methoxy groups -OCH3 is 1. The van der Waals surface area contributed by atoms with Crippen molar-refractivity contribution in [2.24, 2.45) is 0 Å². The zero-order valence-corrected chi connectivity index (χ0v) is 12.7. The zero-order chi connectivity index (χ0) is 15.4. The number of ether oxygens (including phenoxy) is 2. The summed E-state index contributed by atoms with van der Waals surface area (Å²) in [7, 11) is 3.75. The predicted molar refractivity (Wildman–Crippen MR) is 93.1 cm³/mol. The van der Waals surface area contributed by atoms with Crippen molar-refractivity contribution in [1.82, 2.24) is 0 Å². The third-order valence-corrected chi connectivity index (χ3v) is 3.53. The van der Waals surface area contributed by atoms with Gasteiger partial charge in [-0.2, -0.15) is 0 Å². The Hall–Kier alpha value is -2.68. The molecule has 2 nitrogen and oxygen atoms in total. The van der Waals surface area contributed by atoms with Crippen LogP contribution in [0.15, 0.2) is 72.8 Å². The van der Waals surface area contributed by atoms with Gasteiger partial charge >= 0.3 is 0 Å². The summed E-state index contributed by atoms with van der Waals surface area (Å²) in [6.07, 6.45) is 0. The number of hydrogen-bond donors (Lipinski definition) is 0. The first-order chi connectivity index (χ1) is 10.7. The highest BCUT2D eigenvalue weighted by atomic mass is 16.5. The molecule has 0 unspecified atom stereocenters. The zero-order valence-electron chi connectivity index (χ0n) is 12.7. The van der Waals surface area contributed by atoms with Crippen LogP contribution >= 0.6 is 0 Å². The molecule has 22 heavy (non-hydrogen) atoms. The van der Waals surface area contributed by atoms with E-state index in [1.165, 1.54) is 16.6 Å². The topological polar surface area (TPSA) is 18.5 Å². The molecule has 0 aliphatic carbocycles. The molecule has 3 aromatic rings. The number of hydrogen-bond acceptors (Lipinski definition) is 2. The Bertz CT molecular complexity index is 732. The molecule has 0 heterocycles. The lowest BCUT2D eigenvalue weighted by Crippen LogP contribution is -1.99. The van der Waals surface area contributed by atoms with Crippen molar-refractivity contribution in [1.29, 1.82) is 0 Å². The summed E-state index contributed by atoms with van der Waals surface area (Å²) in [4.78, 5) is 0. The monoisotopic (exact) mass is 288 g/mol. The average molecular weight is 288 g/mol. The molecule has 3 heteroatoms. The van der Waals surface area contributed by atoms with Crippen LogP contribution in [0.4, 0.5) is 0 Å². The van der Waals surface area contributed by atoms with Crippen molar-refractivity contribution in [3.05, 3.63) is 72.8 Å². The first-order valence-corrected chi connectivity index (χ1v) is 7.23. The quantitative estimate of drug-likeness (QED) is 0.685. The van der Waals surface area contributed by atoms with E-state index < -0.39 is 0 Å². The summed E-state index contributed by atoms with van der Waals surface area (Å²) >= 11 is 0. The molecular weight excluding hydrogens is 271 g/mol. The van der Waals surface area contributed by atoms with Crippen molar-refractivity contribution in [2.75, 3.05) is 7.11 Å². The van der Waals surface area contributed by atoms with Gasteiger partial charge in [-0.1, -0.05) is 41.9 Å². The van der Waals surface area contributed by atoms with Crippen molar-refractivity contribution in [3.63, 3.8) is 0 Å². The van der Waals surface area contributed by atoms with Crippen LogP contribution in [0.25, 0.3) is 11.1 Å². The second-order valence-electron chi connectivity index (χ2n) is 5.17. The molecule has 0 amide bonds. The smallest absolute Gasteiger partial charge is 0.139 e. The molecule has 0 saturated heterocycles. The van der Waals surface area contributed by atoms with Crippen LogP contribution in [0.5, 0.6) is 17.2 Å². The molecule has 0 aromatic heterocycles. The van der Waals surface area contributed by atoms with Gasteiger partial charge < -0.3 is 9.47 Å². The third-order valence-electron chi connectivity index (χ3n) is 3.53. The van der Waals surface area contributed by atoms with Crippen molar-refractivity contribution < 1.29 is 9.47 Å². The molecule has 0 aliphatic rings. The standard InChI is InChI=1S/C19H17BO2/c1-21-17-10-12-19(13-11-17)22-18-8-4-15(5-9-18)14-2-6-16(20)7-3-14/h2-13H,20H2,1H3. The highest BCUT2D eigenvalue weighted by Crippen LogP contribution is 2.26. The highest BCUT2D eigenvalue weighted by Gasteiger charge is 2.01. The van der Waals surface area contributed by atoms with Crippen LogP contribution in [0.3, 0.4) is 0 Å². The Morgan fingerprint density at radius 2 is 1.00 bits per heavy atom. The molecule has 3 aromatic carbocycles. The van der Waals surface area contributed by atoms with Gasteiger partial charge in [0.2, 0.25) is 0 Å². The largest absolute Gasteiger partial charge is 0.497 e. The second-order valence-corrected chi connectivity index (χ2v) is 5.17. The van der Waals surface area contributed by atoms with E-state index in [2.05, 4.69) is 44.2 Å². The molecule has 0 radical (unpaired) electrons. The van der Waals surface area contributed by atoms with Crippen LogP contribution in [0, 0.1) is 0 Å². The van der Waals surface area contributed by atoms with E-state index in [1.807, 2.05) is 36.4 Å². The normalized spacial score (nSPS) is 10.2. The van der Waals surface area contributed by atoms with Gasteiger partial charge in [0.25, 0.3) is 0 Å². The summed E-state index contributed by atoms with van der Waals surface area (Å²) < 4.78 is 11.0. The van der Waals surface area contributed by atoms with Crippen molar-refractivity contribution in [2.45, 2.75) is 0 Å². The van der Waals surface area contributed by atoms with Gasteiger partial charge in [-0.05, 0) is 47.5 Å². The SMILES string of the molecule is Bc1ccc(-c2ccc(Oc3ccc(OC)cc3)cc2)cc1. The predicted octanol–water partition coefficient (Wildman–Crippen LogP) is 3.41. The Kier molecular flexibility index (Phi) is 4.15. The Balaban J connectivity index is 1.74. The van der Waals surface area contributed by atoms with Crippen LogP contribution in [0.2, 0.25) is 0 Å². The average Bonchev–Trinajstić information content (AvgIpc) is 2.57. The van der Waals surface area contributed by atoms with Crippen LogP contribution < -0.4 is 14.9 Å². The minimum Gasteiger partial charge on any atom is -0.497 e. The Labute approximate surface area is 131 Å². The fraction of sp³-hybridized carbons (Fsp3) is 0.0526. The molecule has 3 rings (SSSR count). The van der Waals surface area contributed by atoms with E-state index in [-0.39, 0.29) is 0 Å². The minimum atomic E-state index is 0.795. The van der Waals surface area contributed by atoms with E-state index in [4.69, 9.17) is 9.47 Å². The van der Waals surface area contributed by atoms with Gasteiger partial charge in [0.1, 0.15) is 25.1 Å². The van der Waals surface area contributed by atoms with E-state index >= 15 is 0 Å². The summed E-state index contributed by atoms with van der Waals surface area (Å²) in [5.41, 5.74) is 3.66. The van der Waals surface area contributed by atoms with Crippen LogP contribution in [-0.2, 0) is 0 Å². The fourth-order valence-corrected chi connectivity index (χ4v) is 2.24. The molecule has 0 fully saturated rings. The van der Waals surface area contributed by atoms with Gasteiger partial charge in [-0.15, -0.1) is 0 Å².